The zero-order valence-corrected chi connectivity index (χ0v) is 13.3. The molecule has 0 aromatic heterocycles. The first-order valence-electron chi connectivity index (χ1n) is 6.89. The minimum atomic E-state index is 0.220. The van der Waals surface area contributed by atoms with E-state index in [1.807, 2.05) is 24.3 Å². The first-order valence-corrected chi connectivity index (χ1v) is 7.69. The molecule has 0 saturated carbocycles. The summed E-state index contributed by atoms with van der Waals surface area (Å²) in [5, 5.41) is 0. The van der Waals surface area contributed by atoms with Crippen LogP contribution in [0, 0.1) is 0 Å². The van der Waals surface area contributed by atoms with Crippen molar-refractivity contribution < 1.29 is 4.74 Å². The molecule has 0 aliphatic heterocycles. The molecular formula is C17H20BrNO. The monoisotopic (exact) mass is 333 g/mol. The standard InChI is InChI=1S/C17H20BrNO/c1-2-15(19)10-14-8-9-17(16(18)11-14)20-12-13-6-4-3-5-7-13/h3-9,11,15H,2,10,12,19H2,1H3. The highest BCUT2D eigenvalue weighted by molar-refractivity contribution is 9.10. The third-order valence-electron chi connectivity index (χ3n) is 3.26. The van der Waals surface area contributed by atoms with Gasteiger partial charge in [0.05, 0.1) is 4.47 Å². The molecule has 1 unspecified atom stereocenters. The molecular weight excluding hydrogens is 314 g/mol. The molecule has 2 N–H and O–H groups in total. The summed E-state index contributed by atoms with van der Waals surface area (Å²) in [6, 6.07) is 16.6. The van der Waals surface area contributed by atoms with Crippen molar-refractivity contribution in [3.63, 3.8) is 0 Å². The largest absolute Gasteiger partial charge is 0.488 e. The van der Waals surface area contributed by atoms with E-state index < -0.39 is 0 Å². The number of hydrogen-bond acceptors (Lipinski definition) is 2. The van der Waals surface area contributed by atoms with Crippen LogP contribution in [0.15, 0.2) is 53.0 Å². The molecule has 2 rings (SSSR count). The van der Waals surface area contributed by atoms with Crippen molar-refractivity contribution >= 4 is 15.9 Å². The van der Waals surface area contributed by atoms with E-state index in [1.54, 1.807) is 0 Å². The normalized spacial score (nSPS) is 12.2. The van der Waals surface area contributed by atoms with Gasteiger partial charge in [-0.05, 0) is 52.0 Å². The van der Waals surface area contributed by atoms with Crippen LogP contribution < -0.4 is 10.5 Å². The lowest BCUT2D eigenvalue weighted by Gasteiger charge is -2.12. The predicted octanol–water partition coefficient (Wildman–Crippen LogP) is 4.31. The highest BCUT2D eigenvalue weighted by Gasteiger charge is 2.06. The molecule has 20 heavy (non-hydrogen) atoms. The fourth-order valence-electron chi connectivity index (χ4n) is 1.97. The maximum atomic E-state index is 5.98. The Morgan fingerprint density at radius 3 is 2.50 bits per heavy atom. The summed E-state index contributed by atoms with van der Waals surface area (Å²) in [4.78, 5) is 0. The van der Waals surface area contributed by atoms with Crippen molar-refractivity contribution in [1.29, 1.82) is 0 Å². The van der Waals surface area contributed by atoms with Gasteiger partial charge >= 0.3 is 0 Å². The summed E-state index contributed by atoms with van der Waals surface area (Å²) in [7, 11) is 0. The van der Waals surface area contributed by atoms with E-state index in [2.05, 4.69) is 47.1 Å². The Bertz CT molecular complexity index is 542. The van der Waals surface area contributed by atoms with Crippen molar-refractivity contribution in [1.82, 2.24) is 0 Å². The molecule has 1 atom stereocenters. The minimum Gasteiger partial charge on any atom is -0.488 e. The molecule has 2 nitrogen and oxygen atoms in total. The molecule has 106 valence electrons. The summed E-state index contributed by atoms with van der Waals surface area (Å²) in [5.41, 5.74) is 8.38. The molecule has 0 aliphatic carbocycles. The van der Waals surface area contributed by atoms with Gasteiger partial charge in [-0.15, -0.1) is 0 Å². The molecule has 2 aromatic carbocycles. The third kappa shape index (κ3) is 4.36. The summed E-state index contributed by atoms with van der Waals surface area (Å²) in [6.45, 7) is 2.68. The molecule has 0 heterocycles. The number of nitrogens with two attached hydrogens (primary N) is 1. The first kappa shape index (κ1) is 15.1. The van der Waals surface area contributed by atoms with Crippen LogP contribution in [-0.4, -0.2) is 6.04 Å². The quantitative estimate of drug-likeness (QED) is 0.854. The van der Waals surface area contributed by atoms with E-state index in [1.165, 1.54) is 5.56 Å². The number of rotatable bonds is 6. The van der Waals surface area contributed by atoms with Gasteiger partial charge in [0.25, 0.3) is 0 Å². The number of benzene rings is 2. The van der Waals surface area contributed by atoms with Gasteiger partial charge in [0.1, 0.15) is 12.4 Å². The molecule has 0 saturated heterocycles. The van der Waals surface area contributed by atoms with E-state index in [0.717, 1.165) is 28.6 Å². The summed E-state index contributed by atoms with van der Waals surface area (Å²) < 4.78 is 6.81. The van der Waals surface area contributed by atoms with Crippen LogP contribution in [0.25, 0.3) is 0 Å². The smallest absolute Gasteiger partial charge is 0.134 e. The van der Waals surface area contributed by atoms with E-state index in [4.69, 9.17) is 10.5 Å². The lowest BCUT2D eigenvalue weighted by Crippen LogP contribution is -2.21. The molecule has 0 spiro atoms. The molecule has 2 aromatic rings. The topological polar surface area (TPSA) is 35.2 Å². The molecule has 0 aliphatic rings. The highest BCUT2D eigenvalue weighted by atomic mass is 79.9. The number of halogens is 1. The lowest BCUT2D eigenvalue weighted by atomic mass is 10.0. The van der Waals surface area contributed by atoms with Crippen molar-refractivity contribution in [2.45, 2.75) is 32.4 Å². The van der Waals surface area contributed by atoms with Crippen LogP contribution in [0.4, 0.5) is 0 Å². The van der Waals surface area contributed by atoms with Crippen molar-refractivity contribution in [3.05, 3.63) is 64.1 Å². The average molecular weight is 334 g/mol. The molecule has 0 fully saturated rings. The van der Waals surface area contributed by atoms with Crippen LogP contribution in [0.3, 0.4) is 0 Å². The first-order chi connectivity index (χ1) is 9.69. The minimum absolute atomic E-state index is 0.220. The number of hydrogen-bond donors (Lipinski definition) is 1. The van der Waals surface area contributed by atoms with Gasteiger partial charge in [-0.1, -0.05) is 43.3 Å². The van der Waals surface area contributed by atoms with E-state index in [0.29, 0.717) is 6.61 Å². The second kappa shape index (κ2) is 7.46. The molecule has 0 radical (unpaired) electrons. The van der Waals surface area contributed by atoms with Crippen molar-refractivity contribution in [2.75, 3.05) is 0 Å². The number of ether oxygens (including phenoxy) is 1. The summed E-state index contributed by atoms with van der Waals surface area (Å²) in [6.07, 6.45) is 1.89. The van der Waals surface area contributed by atoms with Gasteiger partial charge in [-0.3, -0.25) is 0 Å². The fraction of sp³-hybridized carbons (Fsp3) is 0.294. The lowest BCUT2D eigenvalue weighted by molar-refractivity contribution is 0.304. The van der Waals surface area contributed by atoms with Gasteiger partial charge in [0.15, 0.2) is 0 Å². The second-order valence-electron chi connectivity index (χ2n) is 4.91. The fourth-order valence-corrected chi connectivity index (χ4v) is 2.51. The van der Waals surface area contributed by atoms with E-state index >= 15 is 0 Å². The average Bonchev–Trinajstić information content (AvgIpc) is 2.47. The van der Waals surface area contributed by atoms with Gasteiger partial charge in [0.2, 0.25) is 0 Å². The van der Waals surface area contributed by atoms with Gasteiger partial charge in [0, 0.05) is 6.04 Å². The van der Waals surface area contributed by atoms with Crippen LogP contribution in [0.1, 0.15) is 24.5 Å². The van der Waals surface area contributed by atoms with Gasteiger partial charge < -0.3 is 10.5 Å². The van der Waals surface area contributed by atoms with Crippen molar-refractivity contribution in [2.24, 2.45) is 5.73 Å². The Hall–Kier alpha value is -1.32. The zero-order valence-electron chi connectivity index (χ0n) is 11.7. The summed E-state index contributed by atoms with van der Waals surface area (Å²) >= 11 is 3.57. The van der Waals surface area contributed by atoms with Crippen molar-refractivity contribution in [3.8, 4) is 5.75 Å². The molecule has 3 heteroatoms. The SMILES string of the molecule is CCC(N)Cc1ccc(OCc2ccccc2)c(Br)c1. The zero-order chi connectivity index (χ0) is 14.4. The predicted molar refractivity (Wildman–Crippen MR) is 86.9 cm³/mol. The molecule has 0 bridgehead atoms. The van der Waals surface area contributed by atoms with E-state index in [9.17, 15) is 0 Å². The Morgan fingerprint density at radius 1 is 1.10 bits per heavy atom. The van der Waals surface area contributed by atoms with E-state index in [-0.39, 0.29) is 6.04 Å². The Kier molecular flexibility index (Phi) is 5.62. The maximum Gasteiger partial charge on any atom is 0.134 e. The molecule has 0 amide bonds. The second-order valence-corrected chi connectivity index (χ2v) is 5.77. The Morgan fingerprint density at radius 2 is 1.85 bits per heavy atom. The Labute approximate surface area is 129 Å². The summed E-state index contributed by atoms with van der Waals surface area (Å²) in [5.74, 6) is 0.864. The van der Waals surface area contributed by atoms with Crippen LogP contribution >= 0.6 is 15.9 Å². The van der Waals surface area contributed by atoms with Gasteiger partial charge in [-0.25, -0.2) is 0 Å². The Balaban J connectivity index is 1.99. The third-order valence-corrected chi connectivity index (χ3v) is 3.88. The van der Waals surface area contributed by atoms with Gasteiger partial charge in [-0.2, -0.15) is 0 Å². The van der Waals surface area contributed by atoms with Crippen LogP contribution in [0.5, 0.6) is 5.75 Å². The highest BCUT2D eigenvalue weighted by Crippen LogP contribution is 2.27. The van der Waals surface area contributed by atoms with Crippen LogP contribution in [0.2, 0.25) is 0 Å². The van der Waals surface area contributed by atoms with Crippen LogP contribution in [-0.2, 0) is 13.0 Å². The maximum absolute atomic E-state index is 5.98.